The molecule has 0 radical (unpaired) electrons. The molecule has 3 rings (SSSR count). The van der Waals surface area contributed by atoms with Crippen molar-refractivity contribution < 1.29 is 0 Å². The number of nitrogens with two attached hydrogens (primary N) is 1. The maximum Gasteiger partial charge on any atom is 0.0972 e. The molecule has 3 nitrogen and oxygen atoms in total. The number of nitrogens with zero attached hydrogens (tertiary/aromatic N) is 2. The molecule has 2 N–H and O–H groups in total. The summed E-state index contributed by atoms with van der Waals surface area (Å²) in [5.74, 6) is 0. The summed E-state index contributed by atoms with van der Waals surface area (Å²) in [5.41, 5.74) is 12.7. The van der Waals surface area contributed by atoms with Crippen molar-refractivity contribution in [3.05, 3.63) is 71.4 Å². The average molecular weight is 291 g/mol. The molecule has 0 atom stereocenters. The zero-order valence-corrected chi connectivity index (χ0v) is 13.1. The van der Waals surface area contributed by atoms with Crippen LogP contribution in [0.1, 0.15) is 23.6 Å². The Bertz CT molecular complexity index is 752. The summed E-state index contributed by atoms with van der Waals surface area (Å²) in [5, 5.41) is 4.74. The lowest BCUT2D eigenvalue weighted by Gasteiger charge is -2.03. The van der Waals surface area contributed by atoms with Crippen molar-refractivity contribution >= 4 is 0 Å². The molecule has 0 fully saturated rings. The fraction of sp³-hybridized carbons (Fsp3) is 0.211. The molecule has 1 heterocycles. The minimum absolute atomic E-state index is 0.482. The van der Waals surface area contributed by atoms with Crippen LogP contribution in [0.5, 0.6) is 0 Å². The summed E-state index contributed by atoms with van der Waals surface area (Å²) in [6.07, 6.45) is 3.07. The topological polar surface area (TPSA) is 43.8 Å². The maximum absolute atomic E-state index is 5.90. The Labute approximate surface area is 131 Å². The fourth-order valence-corrected chi connectivity index (χ4v) is 2.53. The summed E-state index contributed by atoms with van der Waals surface area (Å²) >= 11 is 0. The molecule has 0 bridgehead atoms. The van der Waals surface area contributed by atoms with Crippen LogP contribution in [0.2, 0.25) is 0 Å². The maximum atomic E-state index is 5.90. The monoisotopic (exact) mass is 291 g/mol. The van der Waals surface area contributed by atoms with Crippen LogP contribution in [-0.4, -0.2) is 9.78 Å². The van der Waals surface area contributed by atoms with Gasteiger partial charge in [-0.2, -0.15) is 5.10 Å². The van der Waals surface area contributed by atoms with Crippen LogP contribution in [0.25, 0.3) is 16.9 Å². The van der Waals surface area contributed by atoms with E-state index in [-0.39, 0.29) is 0 Å². The lowest BCUT2D eigenvalue weighted by atomic mass is 10.1. The van der Waals surface area contributed by atoms with Crippen molar-refractivity contribution in [2.75, 3.05) is 0 Å². The molecule has 2 aromatic carbocycles. The van der Waals surface area contributed by atoms with E-state index < -0.39 is 0 Å². The van der Waals surface area contributed by atoms with Gasteiger partial charge in [-0.3, -0.25) is 0 Å². The highest BCUT2D eigenvalue weighted by Crippen LogP contribution is 2.24. The molecule has 0 aliphatic carbocycles. The average Bonchev–Trinajstić information content (AvgIpc) is 3.00. The summed E-state index contributed by atoms with van der Waals surface area (Å²) in [7, 11) is 0. The molecule has 1 aromatic heterocycles. The van der Waals surface area contributed by atoms with Gasteiger partial charge in [0.25, 0.3) is 0 Å². The number of rotatable bonds is 4. The Morgan fingerprint density at radius 1 is 1.00 bits per heavy atom. The lowest BCUT2D eigenvalue weighted by molar-refractivity contribution is 0.881. The van der Waals surface area contributed by atoms with Crippen LogP contribution in [0.15, 0.2) is 54.7 Å². The second-order valence-corrected chi connectivity index (χ2v) is 5.54. The standard InChI is InChI=1S/C19H21N3/c1-3-15-6-10-18(11-7-15)22-13-17(12-20)19(21-22)16-8-4-14(2)5-9-16/h4-11,13H,3,12,20H2,1-2H3. The second kappa shape index (κ2) is 6.16. The third-order valence-corrected chi connectivity index (χ3v) is 3.94. The van der Waals surface area contributed by atoms with Crippen LogP contribution in [0.3, 0.4) is 0 Å². The number of aromatic nitrogens is 2. The molecule has 0 saturated heterocycles. The summed E-state index contributed by atoms with van der Waals surface area (Å²) < 4.78 is 1.91. The zero-order valence-electron chi connectivity index (χ0n) is 13.1. The highest BCUT2D eigenvalue weighted by atomic mass is 15.3. The Balaban J connectivity index is 2.01. The summed E-state index contributed by atoms with van der Waals surface area (Å²) in [4.78, 5) is 0. The third-order valence-electron chi connectivity index (χ3n) is 3.94. The van der Waals surface area contributed by atoms with Crippen molar-refractivity contribution in [1.82, 2.24) is 9.78 Å². The molecule has 3 aromatic rings. The number of benzene rings is 2. The predicted octanol–water partition coefficient (Wildman–Crippen LogP) is 3.87. The first-order valence-corrected chi connectivity index (χ1v) is 7.66. The van der Waals surface area contributed by atoms with Crippen LogP contribution >= 0.6 is 0 Å². The number of hydrogen-bond acceptors (Lipinski definition) is 2. The molecular weight excluding hydrogens is 270 g/mol. The molecule has 0 amide bonds. The van der Waals surface area contributed by atoms with E-state index in [4.69, 9.17) is 10.8 Å². The van der Waals surface area contributed by atoms with Crippen molar-refractivity contribution in [1.29, 1.82) is 0 Å². The molecule has 0 saturated carbocycles. The van der Waals surface area contributed by atoms with Gasteiger partial charge in [0.05, 0.1) is 11.4 Å². The Hall–Kier alpha value is -2.39. The first kappa shape index (κ1) is 14.5. The highest BCUT2D eigenvalue weighted by Gasteiger charge is 2.11. The van der Waals surface area contributed by atoms with Gasteiger partial charge in [0, 0.05) is 23.9 Å². The van der Waals surface area contributed by atoms with Gasteiger partial charge in [-0.25, -0.2) is 4.68 Å². The fourth-order valence-electron chi connectivity index (χ4n) is 2.53. The molecule has 112 valence electrons. The minimum Gasteiger partial charge on any atom is -0.326 e. The molecule has 0 spiro atoms. The van der Waals surface area contributed by atoms with Crippen LogP contribution in [-0.2, 0) is 13.0 Å². The Morgan fingerprint density at radius 3 is 2.27 bits per heavy atom. The van der Waals surface area contributed by atoms with Crippen LogP contribution in [0, 0.1) is 6.92 Å². The molecule has 0 aliphatic heterocycles. The molecular formula is C19H21N3. The second-order valence-electron chi connectivity index (χ2n) is 5.54. The third kappa shape index (κ3) is 2.81. The van der Waals surface area contributed by atoms with Gasteiger partial charge in [0.2, 0.25) is 0 Å². The van der Waals surface area contributed by atoms with E-state index in [2.05, 4.69) is 62.4 Å². The first-order valence-electron chi connectivity index (χ1n) is 7.66. The number of hydrogen-bond donors (Lipinski definition) is 1. The SMILES string of the molecule is CCc1ccc(-n2cc(CN)c(-c3ccc(C)cc3)n2)cc1. The van der Waals surface area contributed by atoms with Gasteiger partial charge in [0.15, 0.2) is 0 Å². The molecule has 3 heteroatoms. The first-order chi connectivity index (χ1) is 10.7. The van der Waals surface area contributed by atoms with Gasteiger partial charge in [-0.05, 0) is 31.0 Å². The van der Waals surface area contributed by atoms with Gasteiger partial charge < -0.3 is 5.73 Å². The summed E-state index contributed by atoms with van der Waals surface area (Å²) in [6, 6.07) is 16.9. The summed E-state index contributed by atoms with van der Waals surface area (Å²) in [6.45, 7) is 4.72. The van der Waals surface area contributed by atoms with Crippen molar-refractivity contribution in [3.63, 3.8) is 0 Å². The molecule has 22 heavy (non-hydrogen) atoms. The largest absolute Gasteiger partial charge is 0.326 e. The Morgan fingerprint density at radius 2 is 1.68 bits per heavy atom. The van der Waals surface area contributed by atoms with E-state index in [9.17, 15) is 0 Å². The van der Waals surface area contributed by atoms with E-state index in [1.54, 1.807) is 0 Å². The van der Waals surface area contributed by atoms with Gasteiger partial charge >= 0.3 is 0 Å². The zero-order chi connectivity index (χ0) is 15.5. The van der Waals surface area contributed by atoms with E-state index in [0.717, 1.165) is 28.9 Å². The quantitative estimate of drug-likeness (QED) is 0.793. The van der Waals surface area contributed by atoms with Crippen LogP contribution < -0.4 is 5.73 Å². The molecule has 0 unspecified atom stereocenters. The van der Waals surface area contributed by atoms with Crippen molar-refractivity contribution in [2.24, 2.45) is 5.73 Å². The van der Waals surface area contributed by atoms with E-state index in [0.29, 0.717) is 6.54 Å². The predicted molar refractivity (Wildman–Crippen MR) is 91.0 cm³/mol. The van der Waals surface area contributed by atoms with E-state index in [1.807, 2.05) is 10.9 Å². The number of aryl methyl sites for hydroxylation is 2. The van der Waals surface area contributed by atoms with Crippen LogP contribution in [0.4, 0.5) is 0 Å². The highest BCUT2D eigenvalue weighted by molar-refractivity contribution is 5.63. The lowest BCUT2D eigenvalue weighted by Crippen LogP contribution is -1.96. The van der Waals surface area contributed by atoms with Crippen molar-refractivity contribution in [2.45, 2.75) is 26.8 Å². The van der Waals surface area contributed by atoms with Gasteiger partial charge in [-0.1, -0.05) is 48.9 Å². The Kier molecular flexibility index (Phi) is 4.07. The normalized spacial score (nSPS) is 10.9. The van der Waals surface area contributed by atoms with Gasteiger partial charge in [0.1, 0.15) is 0 Å². The van der Waals surface area contributed by atoms with Crippen molar-refractivity contribution in [3.8, 4) is 16.9 Å². The van der Waals surface area contributed by atoms with E-state index >= 15 is 0 Å². The van der Waals surface area contributed by atoms with E-state index in [1.165, 1.54) is 11.1 Å². The molecule has 0 aliphatic rings. The smallest absolute Gasteiger partial charge is 0.0972 e. The van der Waals surface area contributed by atoms with Gasteiger partial charge in [-0.15, -0.1) is 0 Å². The minimum atomic E-state index is 0.482.